The quantitative estimate of drug-likeness (QED) is 0.590. The number of carboxylic acid groups (broad SMARTS) is 1. The molecule has 2 amide bonds. The smallest absolute Gasteiger partial charge is 0.326 e. The van der Waals surface area contributed by atoms with Crippen molar-refractivity contribution in [3.8, 4) is 0 Å². The average Bonchev–Trinajstić information content (AvgIpc) is 2.97. The molecule has 0 aromatic rings. The lowest BCUT2D eigenvalue weighted by Gasteiger charge is -2.14. The lowest BCUT2D eigenvalue weighted by Crippen LogP contribution is -2.42. The molecule has 0 aliphatic heterocycles. The van der Waals surface area contributed by atoms with Crippen LogP contribution in [-0.4, -0.2) is 47.5 Å². The van der Waals surface area contributed by atoms with Crippen molar-refractivity contribution in [1.82, 2.24) is 10.6 Å². The largest absolute Gasteiger partial charge is 0.480 e. The first kappa shape index (κ1) is 17.8. The van der Waals surface area contributed by atoms with E-state index >= 15 is 0 Å². The Morgan fingerprint density at radius 1 is 1.29 bits per heavy atom. The maximum absolute atomic E-state index is 11.8. The van der Waals surface area contributed by atoms with Crippen LogP contribution in [0.4, 0.5) is 0 Å². The zero-order valence-corrected chi connectivity index (χ0v) is 13.2. The Hall–Kier alpha value is -1.24. The summed E-state index contributed by atoms with van der Waals surface area (Å²) in [6.07, 6.45) is 6.43. The van der Waals surface area contributed by atoms with Gasteiger partial charge in [-0.1, -0.05) is 12.8 Å². The molecule has 120 valence electrons. The third-order valence-corrected chi connectivity index (χ3v) is 4.27. The van der Waals surface area contributed by atoms with Gasteiger partial charge in [0, 0.05) is 18.9 Å². The van der Waals surface area contributed by atoms with E-state index in [0.29, 0.717) is 12.2 Å². The Balaban J connectivity index is 2.22. The first-order valence-corrected chi connectivity index (χ1v) is 8.72. The lowest BCUT2D eigenvalue weighted by molar-refractivity contribution is -0.141. The third-order valence-electron chi connectivity index (χ3n) is 3.62. The minimum Gasteiger partial charge on any atom is -0.480 e. The van der Waals surface area contributed by atoms with Gasteiger partial charge in [-0.2, -0.15) is 11.8 Å². The summed E-state index contributed by atoms with van der Waals surface area (Å²) in [4.78, 5) is 34.5. The number of rotatable bonds is 9. The first-order chi connectivity index (χ1) is 10.0. The standard InChI is InChI=1S/C14H24N2O4S/c1-21-9-7-11(14(19)20)16-12(17)6-8-15-13(18)10-4-2-3-5-10/h10-11H,2-9H2,1H3,(H,15,18)(H,16,17)(H,19,20)/t11-/m0/s1. The van der Waals surface area contributed by atoms with Crippen LogP contribution in [0.5, 0.6) is 0 Å². The van der Waals surface area contributed by atoms with Gasteiger partial charge in [-0.25, -0.2) is 4.79 Å². The van der Waals surface area contributed by atoms with Crippen molar-refractivity contribution in [2.24, 2.45) is 5.92 Å². The van der Waals surface area contributed by atoms with Crippen LogP contribution in [0.2, 0.25) is 0 Å². The molecule has 1 aliphatic rings. The van der Waals surface area contributed by atoms with E-state index < -0.39 is 12.0 Å². The molecule has 0 radical (unpaired) electrons. The number of carbonyl (C=O) groups excluding carboxylic acids is 2. The summed E-state index contributed by atoms with van der Waals surface area (Å²) >= 11 is 1.54. The van der Waals surface area contributed by atoms with Crippen LogP contribution in [0.3, 0.4) is 0 Å². The van der Waals surface area contributed by atoms with Crippen molar-refractivity contribution < 1.29 is 19.5 Å². The third kappa shape index (κ3) is 6.84. The number of hydrogen-bond acceptors (Lipinski definition) is 4. The number of nitrogens with one attached hydrogen (secondary N) is 2. The molecule has 1 aliphatic carbocycles. The number of carboxylic acids is 1. The van der Waals surface area contributed by atoms with E-state index in [2.05, 4.69) is 10.6 Å². The van der Waals surface area contributed by atoms with Gasteiger partial charge in [-0.05, 0) is 31.3 Å². The minimum absolute atomic E-state index is 0.0115. The number of amides is 2. The van der Waals surface area contributed by atoms with Crippen LogP contribution < -0.4 is 10.6 Å². The molecule has 0 aromatic heterocycles. The SMILES string of the molecule is CSCC[C@H](NC(=O)CCNC(=O)C1CCCC1)C(=O)O. The molecule has 0 unspecified atom stereocenters. The predicted octanol–water partition coefficient (Wildman–Crippen LogP) is 1.01. The molecule has 21 heavy (non-hydrogen) atoms. The molecule has 1 saturated carbocycles. The first-order valence-electron chi connectivity index (χ1n) is 7.33. The zero-order valence-electron chi connectivity index (χ0n) is 12.4. The van der Waals surface area contributed by atoms with Gasteiger partial charge in [-0.15, -0.1) is 0 Å². The van der Waals surface area contributed by atoms with Crippen molar-refractivity contribution in [1.29, 1.82) is 0 Å². The number of aliphatic carboxylic acids is 1. The highest BCUT2D eigenvalue weighted by molar-refractivity contribution is 7.98. The molecule has 0 bridgehead atoms. The molecule has 3 N–H and O–H groups in total. The number of thioether (sulfide) groups is 1. The fourth-order valence-corrected chi connectivity index (χ4v) is 2.86. The maximum atomic E-state index is 11.8. The maximum Gasteiger partial charge on any atom is 0.326 e. The van der Waals surface area contributed by atoms with Crippen LogP contribution in [-0.2, 0) is 14.4 Å². The second-order valence-corrected chi connectivity index (χ2v) is 6.25. The van der Waals surface area contributed by atoms with Gasteiger partial charge >= 0.3 is 5.97 Å². The molecular weight excluding hydrogens is 292 g/mol. The van der Waals surface area contributed by atoms with Crippen molar-refractivity contribution in [3.05, 3.63) is 0 Å². The molecule has 6 nitrogen and oxygen atoms in total. The van der Waals surface area contributed by atoms with E-state index in [1.165, 1.54) is 11.8 Å². The van der Waals surface area contributed by atoms with Crippen molar-refractivity contribution in [3.63, 3.8) is 0 Å². The Morgan fingerprint density at radius 3 is 2.52 bits per heavy atom. The predicted molar refractivity (Wildman–Crippen MR) is 82.2 cm³/mol. The molecule has 1 atom stereocenters. The highest BCUT2D eigenvalue weighted by Crippen LogP contribution is 2.24. The highest BCUT2D eigenvalue weighted by atomic mass is 32.2. The van der Waals surface area contributed by atoms with Gasteiger partial charge in [-0.3, -0.25) is 9.59 Å². The van der Waals surface area contributed by atoms with Crippen LogP contribution in [0, 0.1) is 5.92 Å². The fraction of sp³-hybridized carbons (Fsp3) is 0.786. The van der Waals surface area contributed by atoms with E-state index in [4.69, 9.17) is 5.11 Å². The summed E-state index contributed by atoms with van der Waals surface area (Å²) in [5.74, 6) is -0.586. The average molecular weight is 316 g/mol. The second kappa shape index (κ2) is 9.65. The van der Waals surface area contributed by atoms with E-state index in [0.717, 1.165) is 25.7 Å². The Morgan fingerprint density at radius 2 is 1.95 bits per heavy atom. The summed E-state index contributed by atoms with van der Waals surface area (Å²) in [7, 11) is 0. The van der Waals surface area contributed by atoms with Crippen LogP contribution >= 0.6 is 11.8 Å². The normalized spacial score (nSPS) is 16.4. The van der Waals surface area contributed by atoms with E-state index in [1.807, 2.05) is 6.26 Å². The van der Waals surface area contributed by atoms with Crippen molar-refractivity contribution >= 4 is 29.5 Å². The molecular formula is C14H24N2O4S. The fourth-order valence-electron chi connectivity index (χ4n) is 2.39. The summed E-state index contributed by atoms with van der Waals surface area (Å²) in [6.45, 7) is 0.260. The Kier molecular flexibility index (Phi) is 8.19. The van der Waals surface area contributed by atoms with Gasteiger partial charge in [0.15, 0.2) is 0 Å². The Bertz CT molecular complexity index is 370. The van der Waals surface area contributed by atoms with Crippen molar-refractivity contribution in [2.75, 3.05) is 18.6 Å². The van der Waals surface area contributed by atoms with Gasteiger partial charge in [0.2, 0.25) is 11.8 Å². The number of hydrogen-bond donors (Lipinski definition) is 3. The highest BCUT2D eigenvalue weighted by Gasteiger charge is 2.23. The van der Waals surface area contributed by atoms with E-state index in [1.54, 1.807) is 0 Å². The lowest BCUT2D eigenvalue weighted by atomic mass is 10.1. The van der Waals surface area contributed by atoms with E-state index in [9.17, 15) is 14.4 Å². The molecule has 1 fully saturated rings. The van der Waals surface area contributed by atoms with Crippen LogP contribution in [0.1, 0.15) is 38.5 Å². The topological polar surface area (TPSA) is 95.5 Å². The summed E-state index contributed by atoms with van der Waals surface area (Å²) in [5.41, 5.74) is 0. The molecule has 7 heteroatoms. The van der Waals surface area contributed by atoms with Crippen LogP contribution in [0.15, 0.2) is 0 Å². The second-order valence-electron chi connectivity index (χ2n) is 5.26. The summed E-state index contributed by atoms with van der Waals surface area (Å²) in [6, 6.07) is -0.851. The Labute approximate surface area is 129 Å². The van der Waals surface area contributed by atoms with Gasteiger partial charge in [0.05, 0.1) is 0 Å². The van der Waals surface area contributed by atoms with E-state index in [-0.39, 0.29) is 30.7 Å². The zero-order chi connectivity index (χ0) is 15.7. The van der Waals surface area contributed by atoms with Gasteiger partial charge in [0.25, 0.3) is 0 Å². The monoisotopic (exact) mass is 316 g/mol. The molecule has 0 heterocycles. The van der Waals surface area contributed by atoms with Crippen LogP contribution in [0.25, 0.3) is 0 Å². The molecule has 0 spiro atoms. The number of carbonyl (C=O) groups is 3. The molecule has 0 aromatic carbocycles. The molecule has 1 rings (SSSR count). The van der Waals surface area contributed by atoms with Crippen molar-refractivity contribution in [2.45, 2.75) is 44.6 Å². The van der Waals surface area contributed by atoms with Gasteiger partial charge < -0.3 is 15.7 Å². The summed E-state index contributed by atoms with van der Waals surface area (Å²) < 4.78 is 0. The molecule has 0 saturated heterocycles. The summed E-state index contributed by atoms with van der Waals surface area (Å²) in [5, 5.41) is 14.3. The van der Waals surface area contributed by atoms with Gasteiger partial charge in [0.1, 0.15) is 6.04 Å². The minimum atomic E-state index is -1.02.